The zero-order chi connectivity index (χ0) is 22.4. The molecule has 0 saturated carbocycles. The van der Waals surface area contributed by atoms with Crippen LogP contribution in [0.2, 0.25) is 0 Å². The van der Waals surface area contributed by atoms with Crippen LogP contribution in [-0.2, 0) is 14.8 Å². The van der Waals surface area contributed by atoms with Crippen LogP contribution in [0.5, 0.6) is 5.75 Å². The van der Waals surface area contributed by atoms with Crippen LogP contribution in [0.1, 0.15) is 23.6 Å². The number of carbonyl (C=O) groups is 1. The van der Waals surface area contributed by atoms with Crippen molar-refractivity contribution in [2.75, 3.05) is 10.9 Å². The van der Waals surface area contributed by atoms with Gasteiger partial charge in [-0.1, -0.05) is 47.5 Å². The molecule has 0 heterocycles. The lowest BCUT2D eigenvalue weighted by atomic mass is 10.2. The second-order valence-corrected chi connectivity index (χ2v) is 8.88. The number of hydrogen-bond acceptors (Lipinski definition) is 4. The summed E-state index contributed by atoms with van der Waals surface area (Å²) < 4.78 is 33.0. The third-order valence-corrected chi connectivity index (χ3v) is 6.38. The van der Waals surface area contributed by atoms with Gasteiger partial charge in [0.15, 0.2) is 0 Å². The fraction of sp³-hybridized carbons (Fsp3) is 0.160. The first-order valence-electron chi connectivity index (χ1n) is 9.95. The number of aryl methyl sites for hydroxylation is 2. The van der Waals surface area contributed by atoms with Gasteiger partial charge in [0.25, 0.3) is 15.9 Å². The van der Waals surface area contributed by atoms with Gasteiger partial charge < -0.3 is 4.74 Å². The van der Waals surface area contributed by atoms with Gasteiger partial charge in [-0.3, -0.25) is 4.79 Å². The molecule has 31 heavy (non-hydrogen) atoms. The maximum atomic E-state index is 13.4. The lowest BCUT2D eigenvalue weighted by molar-refractivity contribution is -0.113. The predicted molar refractivity (Wildman–Crippen MR) is 124 cm³/mol. The first-order valence-corrected chi connectivity index (χ1v) is 11.4. The lowest BCUT2D eigenvalue weighted by Crippen LogP contribution is -2.35. The molecule has 0 aromatic heterocycles. The van der Waals surface area contributed by atoms with E-state index in [2.05, 4.69) is 0 Å². The predicted octanol–water partition coefficient (Wildman–Crippen LogP) is 5.14. The average molecular weight is 436 g/mol. The molecule has 0 spiro atoms. The molecule has 3 rings (SSSR count). The van der Waals surface area contributed by atoms with E-state index in [1.54, 1.807) is 66.7 Å². The molecule has 3 aromatic rings. The highest BCUT2D eigenvalue weighted by molar-refractivity contribution is 7.93. The number of ether oxygens (including phenoxy) is 1. The van der Waals surface area contributed by atoms with Crippen LogP contribution in [0, 0.1) is 13.8 Å². The van der Waals surface area contributed by atoms with Crippen molar-refractivity contribution >= 4 is 27.7 Å². The number of rotatable bonds is 7. The molecule has 0 atom stereocenters. The van der Waals surface area contributed by atoms with E-state index in [1.807, 2.05) is 20.8 Å². The molecule has 3 aromatic carbocycles. The van der Waals surface area contributed by atoms with E-state index in [0.29, 0.717) is 6.61 Å². The Morgan fingerprint density at radius 2 is 1.42 bits per heavy atom. The van der Waals surface area contributed by atoms with Crippen molar-refractivity contribution in [1.29, 1.82) is 0 Å². The van der Waals surface area contributed by atoms with Gasteiger partial charge in [-0.25, -0.2) is 8.42 Å². The van der Waals surface area contributed by atoms with Gasteiger partial charge in [-0.05, 0) is 68.8 Å². The minimum absolute atomic E-state index is 0.0569. The van der Waals surface area contributed by atoms with Gasteiger partial charge >= 0.3 is 0 Å². The van der Waals surface area contributed by atoms with E-state index in [-0.39, 0.29) is 10.6 Å². The minimum Gasteiger partial charge on any atom is -0.494 e. The molecule has 0 bridgehead atoms. The van der Waals surface area contributed by atoms with Gasteiger partial charge in [0.2, 0.25) is 0 Å². The first-order chi connectivity index (χ1) is 14.8. The maximum absolute atomic E-state index is 13.4. The molecule has 0 fully saturated rings. The van der Waals surface area contributed by atoms with Gasteiger partial charge in [0, 0.05) is 6.08 Å². The van der Waals surface area contributed by atoms with Crippen molar-refractivity contribution in [2.24, 2.45) is 0 Å². The standard InChI is InChI=1S/C25H25NO4S/c1-4-30-23-14-9-21(10-15-23)11-18-25(27)26(22-12-5-19(2)6-13-22)31(28,29)24-16-7-20(3)8-17-24/h5-18H,4H2,1-3H3/b18-11+. The summed E-state index contributed by atoms with van der Waals surface area (Å²) in [6.07, 6.45) is 2.85. The van der Waals surface area contributed by atoms with E-state index >= 15 is 0 Å². The molecular formula is C25H25NO4S. The highest BCUT2D eigenvalue weighted by Gasteiger charge is 2.29. The van der Waals surface area contributed by atoms with Crippen molar-refractivity contribution in [3.63, 3.8) is 0 Å². The van der Waals surface area contributed by atoms with Gasteiger partial charge in [-0.2, -0.15) is 4.31 Å². The number of anilines is 1. The number of carbonyl (C=O) groups excluding carboxylic acids is 1. The Kier molecular flexibility index (Phi) is 6.92. The van der Waals surface area contributed by atoms with Crippen LogP contribution in [0.25, 0.3) is 6.08 Å². The fourth-order valence-electron chi connectivity index (χ4n) is 2.96. The van der Waals surface area contributed by atoms with Crippen molar-refractivity contribution in [1.82, 2.24) is 0 Å². The van der Waals surface area contributed by atoms with E-state index in [1.165, 1.54) is 18.2 Å². The zero-order valence-corrected chi connectivity index (χ0v) is 18.6. The molecule has 0 radical (unpaired) electrons. The molecule has 0 N–H and O–H groups in total. The Labute approximate surface area is 183 Å². The fourth-order valence-corrected chi connectivity index (χ4v) is 4.35. The van der Waals surface area contributed by atoms with Gasteiger partial charge in [0.05, 0.1) is 17.2 Å². The monoisotopic (exact) mass is 435 g/mol. The van der Waals surface area contributed by atoms with Crippen molar-refractivity contribution in [2.45, 2.75) is 25.7 Å². The van der Waals surface area contributed by atoms with Crippen LogP contribution < -0.4 is 9.04 Å². The molecule has 160 valence electrons. The van der Waals surface area contributed by atoms with Crippen LogP contribution in [0.4, 0.5) is 5.69 Å². The summed E-state index contributed by atoms with van der Waals surface area (Å²) >= 11 is 0. The Morgan fingerprint density at radius 3 is 1.97 bits per heavy atom. The molecule has 1 amide bonds. The van der Waals surface area contributed by atoms with E-state index in [9.17, 15) is 13.2 Å². The minimum atomic E-state index is -4.09. The number of amides is 1. The highest BCUT2D eigenvalue weighted by Crippen LogP contribution is 2.25. The van der Waals surface area contributed by atoms with Crippen LogP contribution >= 0.6 is 0 Å². The van der Waals surface area contributed by atoms with Crippen LogP contribution in [-0.4, -0.2) is 20.9 Å². The highest BCUT2D eigenvalue weighted by atomic mass is 32.2. The number of sulfonamides is 1. The second kappa shape index (κ2) is 9.62. The Bertz CT molecular complexity index is 1160. The summed E-state index contributed by atoms with van der Waals surface area (Å²) in [6.45, 7) is 6.24. The van der Waals surface area contributed by atoms with Crippen LogP contribution in [0.3, 0.4) is 0 Å². The zero-order valence-electron chi connectivity index (χ0n) is 17.8. The topological polar surface area (TPSA) is 63.7 Å². The first kappa shape index (κ1) is 22.3. The van der Waals surface area contributed by atoms with E-state index < -0.39 is 15.9 Å². The number of benzene rings is 3. The molecule has 0 saturated heterocycles. The van der Waals surface area contributed by atoms with Crippen molar-refractivity contribution in [3.8, 4) is 5.75 Å². The third kappa shape index (κ3) is 5.41. The van der Waals surface area contributed by atoms with E-state index in [0.717, 1.165) is 26.7 Å². The van der Waals surface area contributed by atoms with Gasteiger partial charge in [0.1, 0.15) is 5.75 Å². The second-order valence-electron chi connectivity index (χ2n) is 7.09. The maximum Gasteiger partial charge on any atom is 0.271 e. The summed E-state index contributed by atoms with van der Waals surface area (Å²) in [5.41, 5.74) is 2.94. The lowest BCUT2D eigenvalue weighted by Gasteiger charge is -2.21. The summed E-state index contributed by atoms with van der Waals surface area (Å²) in [6, 6.07) is 20.5. The number of hydrogen-bond donors (Lipinski definition) is 0. The Balaban J connectivity index is 1.96. The summed E-state index contributed by atoms with van der Waals surface area (Å²) in [4.78, 5) is 13.2. The van der Waals surface area contributed by atoms with Gasteiger partial charge in [-0.15, -0.1) is 0 Å². The summed E-state index contributed by atoms with van der Waals surface area (Å²) in [5.74, 6) is 0.0764. The smallest absolute Gasteiger partial charge is 0.271 e. The molecular weight excluding hydrogens is 410 g/mol. The third-order valence-electron chi connectivity index (χ3n) is 4.64. The summed E-state index contributed by atoms with van der Waals surface area (Å²) in [7, 11) is -4.09. The summed E-state index contributed by atoms with van der Waals surface area (Å²) in [5, 5.41) is 0. The SMILES string of the molecule is CCOc1ccc(/C=C/C(=O)N(c2ccc(C)cc2)S(=O)(=O)c2ccc(C)cc2)cc1. The van der Waals surface area contributed by atoms with Crippen LogP contribution in [0.15, 0.2) is 83.8 Å². The molecule has 0 aliphatic carbocycles. The molecule has 0 unspecified atom stereocenters. The Hall–Kier alpha value is -3.38. The Morgan fingerprint density at radius 1 is 0.871 bits per heavy atom. The average Bonchev–Trinajstić information content (AvgIpc) is 2.75. The van der Waals surface area contributed by atoms with Crippen molar-refractivity contribution in [3.05, 3.63) is 95.6 Å². The normalized spacial score (nSPS) is 11.5. The molecule has 0 aliphatic rings. The molecule has 5 nitrogen and oxygen atoms in total. The quantitative estimate of drug-likeness (QED) is 0.482. The molecule has 0 aliphatic heterocycles. The van der Waals surface area contributed by atoms with E-state index in [4.69, 9.17) is 4.74 Å². The largest absolute Gasteiger partial charge is 0.494 e. The van der Waals surface area contributed by atoms with Crippen molar-refractivity contribution < 1.29 is 17.9 Å². The molecule has 6 heteroatoms. The number of nitrogens with zero attached hydrogens (tertiary/aromatic N) is 1.